The van der Waals surface area contributed by atoms with E-state index in [4.69, 9.17) is 0 Å². The summed E-state index contributed by atoms with van der Waals surface area (Å²) in [7, 11) is 1.83. The first kappa shape index (κ1) is 11.0. The number of imidazole rings is 1. The van der Waals surface area contributed by atoms with Crippen molar-refractivity contribution in [2.45, 2.75) is 10.2 Å². The summed E-state index contributed by atoms with van der Waals surface area (Å²) in [4.78, 5) is 17.1. The Kier molecular flexibility index (Phi) is 2.81. The lowest BCUT2D eigenvalue weighted by Crippen LogP contribution is -1.98. The average Bonchev–Trinajstić information content (AvgIpc) is 2.88. The summed E-state index contributed by atoms with van der Waals surface area (Å²) in [5.41, 5.74) is 0.798. The molecule has 0 aromatic carbocycles. The average molecular weight is 258 g/mol. The molecule has 0 amide bonds. The molecule has 1 N–H and O–H groups in total. The zero-order valence-corrected chi connectivity index (χ0v) is 10.4. The maximum Gasteiger partial charge on any atom is 0.193 e. The lowest BCUT2D eigenvalue weighted by Gasteiger charge is -2.05. The molecule has 3 heterocycles. The number of hydrogen-bond acceptors (Lipinski definition) is 6. The third kappa shape index (κ3) is 2.00. The van der Waals surface area contributed by atoms with Crippen LogP contribution in [0.3, 0.4) is 0 Å². The van der Waals surface area contributed by atoms with Crippen LogP contribution in [-0.2, 0) is 0 Å². The van der Waals surface area contributed by atoms with Gasteiger partial charge in [0.2, 0.25) is 0 Å². The standard InChI is InChI=1S/C11H10N6S/c1-12-8-7-17-6-5-13-9(17)10(16-8)18-11-14-3-2-4-15-11/h2-7,12H,1H3. The third-order valence-electron chi connectivity index (χ3n) is 2.33. The maximum atomic E-state index is 4.48. The molecule has 3 rings (SSSR count). The third-order valence-corrected chi connectivity index (χ3v) is 3.19. The molecule has 0 aliphatic heterocycles. The molecular formula is C11H10N6S. The zero-order chi connectivity index (χ0) is 12.4. The highest BCUT2D eigenvalue weighted by Crippen LogP contribution is 2.26. The number of nitrogens with one attached hydrogen (secondary N) is 1. The molecule has 0 spiro atoms. The van der Waals surface area contributed by atoms with Crippen molar-refractivity contribution in [2.75, 3.05) is 12.4 Å². The summed E-state index contributed by atoms with van der Waals surface area (Å²) in [6, 6.07) is 1.78. The predicted molar refractivity (Wildman–Crippen MR) is 68.7 cm³/mol. The Morgan fingerprint density at radius 2 is 2.00 bits per heavy atom. The van der Waals surface area contributed by atoms with Gasteiger partial charge in [0.05, 0.1) is 6.20 Å². The van der Waals surface area contributed by atoms with Crippen LogP contribution < -0.4 is 5.32 Å². The van der Waals surface area contributed by atoms with Gasteiger partial charge in [-0.15, -0.1) is 0 Å². The van der Waals surface area contributed by atoms with Gasteiger partial charge >= 0.3 is 0 Å². The summed E-state index contributed by atoms with van der Waals surface area (Å²) in [5.74, 6) is 0.777. The lowest BCUT2D eigenvalue weighted by molar-refractivity contribution is 0.955. The van der Waals surface area contributed by atoms with Gasteiger partial charge in [0.1, 0.15) is 10.8 Å². The van der Waals surface area contributed by atoms with Crippen LogP contribution in [0.1, 0.15) is 0 Å². The minimum Gasteiger partial charge on any atom is -0.372 e. The molecule has 0 saturated heterocycles. The van der Waals surface area contributed by atoms with Crippen LogP contribution in [0.2, 0.25) is 0 Å². The molecule has 6 nitrogen and oxygen atoms in total. The highest BCUT2D eigenvalue weighted by Gasteiger charge is 2.09. The van der Waals surface area contributed by atoms with Gasteiger partial charge < -0.3 is 9.72 Å². The van der Waals surface area contributed by atoms with Crippen molar-refractivity contribution in [2.24, 2.45) is 0 Å². The molecule has 0 saturated carbocycles. The molecule has 90 valence electrons. The SMILES string of the molecule is CNc1cn2ccnc2c(Sc2ncccn2)n1. The van der Waals surface area contributed by atoms with Gasteiger partial charge in [0, 0.05) is 31.8 Å². The monoisotopic (exact) mass is 258 g/mol. The Balaban J connectivity index is 2.07. The van der Waals surface area contributed by atoms with Gasteiger partial charge in [-0.1, -0.05) is 0 Å². The Labute approximate surface area is 108 Å². The Morgan fingerprint density at radius 1 is 1.17 bits per heavy atom. The molecule has 0 radical (unpaired) electrons. The fourth-order valence-electron chi connectivity index (χ4n) is 1.52. The smallest absolute Gasteiger partial charge is 0.193 e. The van der Waals surface area contributed by atoms with Crippen LogP contribution >= 0.6 is 11.8 Å². The number of rotatable bonds is 3. The molecule has 0 aliphatic rings. The van der Waals surface area contributed by atoms with E-state index in [1.807, 2.05) is 23.8 Å². The minimum absolute atomic E-state index is 0.656. The first-order chi connectivity index (χ1) is 8.86. The molecule has 0 fully saturated rings. The van der Waals surface area contributed by atoms with E-state index in [1.165, 1.54) is 11.8 Å². The van der Waals surface area contributed by atoms with Crippen molar-refractivity contribution in [3.05, 3.63) is 37.1 Å². The highest BCUT2D eigenvalue weighted by molar-refractivity contribution is 7.99. The number of aromatic nitrogens is 5. The quantitative estimate of drug-likeness (QED) is 0.721. The van der Waals surface area contributed by atoms with Crippen molar-refractivity contribution in [3.63, 3.8) is 0 Å². The van der Waals surface area contributed by atoms with Crippen LogP contribution in [-0.4, -0.2) is 31.4 Å². The fourth-order valence-corrected chi connectivity index (χ4v) is 2.31. The second-order valence-electron chi connectivity index (χ2n) is 3.47. The van der Waals surface area contributed by atoms with Crippen molar-refractivity contribution < 1.29 is 0 Å². The summed E-state index contributed by atoms with van der Waals surface area (Å²) in [6.07, 6.45) is 8.93. The first-order valence-electron chi connectivity index (χ1n) is 5.33. The van der Waals surface area contributed by atoms with Crippen molar-refractivity contribution in [1.29, 1.82) is 0 Å². The van der Waals surface area contributed by atoms with E-state index >= 15 is 0 Å². The Bertz CT molecular complexity index is 666. The summed E-state index contributed by atoms with van der Waals surface area (Å²) >= 11 is 1.39. The lowest BCUT2D eigenvalue weighted by atomic mass is 10.6. The number of fused-ring (bicyclic) bond motifs is 1. The largest absolute Gasteiger partial charge is 0.372 e. The van der Waals surface area contributed by atoms with Gasteiger partial charge in [0.15, 0.2) is 10.8 Å². The second-order valence-corrected chi connectivity index (χ2v) is 4.43. The summed E-state index contributed by atoms with van der Waals surface area (Å²) in [6.45, 7) is 0. The van der Waals surface area contributed by atoms with Crippen LogP contribution in [0.15, 0.2) is 47.2 Å². The second kappa shape index (κ2) is 4.61. The van der Waals surface area contributed by atoms with Crippen molar-refractivity contribution >= 4 is 23.2 Å². The minimum atomic E-state index is 0.656. The number of hydrogen-bond donors (Lipinski definition) is 1. The predicted octanol–water partition coefficient (Wildman–Crippen LogP) is 1.71. The van der Waals surface area contributed by atoms with Gasteiger partial charge in [-0.2, -0.15) is 0 Å². The van der Waals surface area contributed by atoms with E-state index in [0.717, 1.165) is 16.5 Å². The maximum absolute atomic E-state index is 4.48. The van der Waals surface area contributed by atoms with Crippen LogP contribution in [0.25, 0.3) is 5.65 Å². The topological polar surface area (TPSA) is 68.0 Å². The van der Waals surface area contributed by atoms with E-state index in [-0.39, 0.29) is 0 Å². The molecule has 0 atom stereocenters. The van der Waals surface area contributed by atoms with E-state index < -0.39 is 0 Å². The molecule has 3 aromatic heterocycles. The van der Waals surface area contributed by atoms with Crippen LogP contribution in [0.4, 0.5) is 5.82 Å². The summed E-state index contributed by atoms with van der Waals surface area (Å²) in [5, 5.41) is 4.45. The number of anilines is 1. The van der Waals surface area contributed by atoms with E-state index in [9.17, 15) is 0 Å². The first-order valence-corrected chi connectivity index (χ1v) is 6.15. The van der Waals surface area contributed by atoms with Crippen LogP contribution in [0.5, 0.6) is 0 Å². The molecule has 18 heavy (non-hydrogen) atoms. The highest BCUT2D eigenvalue weighted by atomic mass is 32.2. The molecule has 3 aromatic rings. The molecular weight excluding hydrogens is 248 g/mol. The number of nitrogens with zero attached hydrogens (tertiary/aromatic N) is 5. The van der Waals surface area contributed by atoms with Crippen molar-refractivity contribution in [3.8, 4) is 0 Å². The van der Waals surface area contributed by atoms with E-state index in [0.29, 0.717) is 5.16 Å². The van der Waals surface area contributed by atoms with Gasteiger partial charge in [0.25, 0.3) is 0 Å². The van der Waals surface area contributed by atoms with E-state index in [1.54, 1.807) is 24.7 Å². The normalized spacial score (nSPS) is 10.7. The Morgan fingerprint density at radius 3 is 2.78 bits per heavy atom. The molecule has 0 aliphatic carbocycles. The summed E-state index contributed by atoms with van der Waals surface area (Å²) < 4.78 is 1.92. The molecule has 7 heteroatoms. The van der Waals surface area contributed by atoms with Crippen molar-refractivity contribution in [1.82, 2.24) is 24.3 Å². The Hall–Kier alpha value is -2.15. The van der Waals surface area contributed by atoms with Crippen LogP contribution in [0, 0.1) is 0 Å². The van der Waals surface area contributed by atoms with Gasteiger partial charge in [-0.25, -0.2) is 19.9 Å². The van der Waals surface area contributed by atoms with Gasteiger partial charge in [-0.05, 0) is 17.8 Å². The fraction of sp³-hybridized carbons (Fsp3) is 0.0909. The molecule has 0 bridgehead atoms. The van der Waals surface area contributed by atoms with E-state index in [2.05, 4.69) is 25.3 Å². The zero-order valence-electron chi connectivity index (χ0n) is 9.61. The molecule has 0 unspecified atom stereocenters. The van der Waals surface area contributed by atoms with Gasteiger partial charge in [-0.3, -0.25) is 0 Å².